The van der Waals surface area contributed by atoms with Gasteiger partial charge in [-0.3, -0.25) is 10.0 Å². The summed E-state index contributed by atoms with van der Waals surface area (Å²) >= 11 is 1.49. The van der Waals surface area contributed by atoms with Crippen molar-refractivity contribution in [2.24, 2.45) is 0 Å². The van der Waals surface area contributed by atoms with Crippen LogP contribution in [-0.2, 0) is 27.7 Å². The number of thiophene rings is 1. The number of hydrogen-bond donors (Lipinski definition) is 2. The van der Waals surface area contributed by atoms with E-state index in [4.69, 9.17) is 4.74 Å². The highest BCUT2D eigenvalue weighted by atomic mass is 32.2. The van der Waals surface area contributed by atoms with Crippen LogP contribution in [0.5, 0.6) is 5.75 Å². The Morgan fingerprint density at radius 1 is 1.16 bits per heavy atom. The van der Waals surface area contributed by atoms with E-state index in [1.54, 1.807) is 17.6 Å². The first-order valence-electron chi connectivity index (χ1n) is 9.67. The number of hydroxylamine groups is 1. The lowest BCUT2D eigenvalue weighted by Gasteiger charge is -2.40. The van der Waals surface area contributed by atoms with Crippen LogP contribution in [0.2, 0.25) is 0 Å². The predicted octanol–water partition coefficient (Wildman–Crippen LogP) is 3.16. The quantitative estimate of drug-likeness (QED) is 0.437. The number of amides is 1. The summed E-state index contributed by atoms with van der Waals surface area (Å²) in [5, 5.41) is 11.3. The van der Waals surface area contributed by atoms with Crippen molar-refractivity contribution in [3.8, 4) is 5.75 Å². The fourth-order valence-electron chi connectivity index (χ4n) is 3.96. The molecule has 0 saturated heterocycles. The van der Waals surface area contributed by atoms with Gasteiger partial charge in [0, 0.05) is 11.3 Å². The summed E-state index contributed by atoms with van der Waals surface area (Å²) < 4.78 is 33.9. The number of nitrogens with zero attached hydrogens (tertiary/aromatic N) is 1. The average Bonchev–Trinajstić information content (AvgIpc) is 3.27. The molecule has 0 unspecified atom stereocenters. The minimum atomic E-state index is -4.07. The van der Waals surface area contributed by atoms with Gasteiger partial charge in [-0.05, 0) is 53.3 Å². The van der Waals surface area contributed by atoms with Crippen LogP contribution >= 0.6 is 11.3 Å². The summed E-state index contributed by atoms with van der Waals surface area (Å²) in [6, 6.07) is 15.9. The first kappa shape index (κ1) is 21.5. The van der Waals surface area contributed by atoms with Crippen LogP contribution in [0.25, 0.3) is 0 Å². The van der Waals surface area contributed by atoms with Gasteiger partial charge in [0.2, 0.25) is 10.0 Å². The van der Waals surface area contributed by atoms with E-state index in [2.05, 4.69) is 0 Å². The molecule has 31 heavy (non-hydrogen) atoms. The van der Waals surface area contributed by atoms with Gasteiger partial charge in [0.15, 0.2) is 0 Å². The van der Waals surface area contributed by atoms with Crippen LogP contribution in [0.15, 0.2) is 70.9 Å². The molecule has 3 aromatic rings. The Morgan fingerprint density at radius 2 is 1.87 bits per heavy atom. The minimum absolute atomic E-state index is 0.0563. The van der Waals surface area contributed by atoms with E-state index in [-0.39, 0.29) is 11.3 Å². The molecule has 0 aliphatic carbocycles. The summed E-state index contributed by atoms with van der Waals surface area (Å²) in [5.41, 5.74) is 3.48. The molecule has 162 valence electrons. The van der Waals surface area contributed by atoms with Crippen molar-refractivity contribution in [2.75, 3.05) is 7.11 Å². The largest absolute Gasteiger partial charge is 0.497 e. The minimum Gasteiger partial charge on any atom is -0.497 e. The van der Waals surface area contributed by atoms with E-state index in [0.717, 1.165) is 16.0 Å². The lowest BCUT2D eigenvalue weighted by Crippen LogP contribution is -2.54. The van der Waals surface area contributed by atoms with Gasteiger partial charge in [0.1, 0.15) is 11.8 Å². The normalized spacial score (nSPS) is 18.9. The monoisotopic (exact) mass is 458 g/mol. The van der Waals surface area contributed by atoms with E-state index in [0.29, 0.717) is 12.2 Å². The second-order valence-corrected chi connectivity index (χ2v) is 10.1. The lowest BCUT2D eigenvalue weighted by atomic mass is 9.92. The summed E-state index contributed by atoms with van der Waals surface area (Å²) in [7, 11) is -2.57. The molecule has 2 heterocycles. The Hall–Kier alpha value is -2.72. The summed E-state index contributed by atoms with van der Waals surface area (Å²) in [5.74, 6) is -0.225. The zero-order chi connectivity index (χ0) is 22.0. The Balaban J connectivity index is 1.85. The van der Waals surface area contributed by atoms with Crippen LogP contribution in [0.3, 0.4) is 0 Å². The van der Waals surface area contributed by atoms with Gasteiger partial charge < -0.3 is 4.74 Å². The van der Waals surface area contributed by atoms with Crippen molar-refractivity contribution in [1.29, 1.82) is 0 Å². The number of sulfonamides is 1. The standard InChI is InChI=1S/C22H22N2O5S2/c1-29-16-7-9-17(10-8-16)31(27,28)24-19(13-15-5-3-2-4-6-15)18-11-12-30-21(18)14-20(24)22(25)23-26/h2-12,19-20,26H,13-14H2,1H3,(H,23,25)/t19-,20-/m0/s1. The van der Waals surface area contributed by atoms with Crippen LogP contribution in [0.1, 0.15) is 22.0 Å². The van der Waals surface area contributed by atoms with Gasteiger partial charge in [-0.25, -0.2) is 13.9 Å². The zero-order valence-corrected chi connectivity index (χ0v) is 18.4. The molecule has 1 amide bonds. The summed E-state index contributed by atoms with van der Waals surface area (Å²) in [4.78, 5) is 13.6. The highest BCUT2D eigenvalue weighted by Gasteiger charge is 2.46. The van der Waals surface area contributed by atoms with Crippen LogP contribution < -0.4 is 10.2 Å². The third kappa shape index (κ3) is 4.09. The van der Waals surface area contributed by atoms with Crippen molar-refractivity contribution in [3.05, 3.63) is 82.0 Å². The number of methoxy groups -OCH3 is 1. The molecule has 2 atom stereocenters. The first-order chi connectivity index (χ1) is 15.0. The number of benzene rings is 2. The number of nitrogens with one attached hydrogen (secondary N) is 1. The topological polar surface area (TPSA) is 95.9 Å². The molecule has 0 bridgehead atoms. The van der Waals surface area contributed by atoms with Gasteiger partial charge in [0.25, 0.3) is 5.91 Å². The van der Waals surface area contributed by atoms with Crippen molar-refractivity contribution in [3.63, 3.8) is 0 Å². The van der Waals surface area contributed by atoms with Gasteiger partial charge in [-0.2, -0.15) is 4.31 Å². The number of carbonyl (C=O) groups is 1. The smallest absolute Gasteiger partial charge is 0.262 e. The predicted molar refractivity (Wildman–Crippen MR) is 117 cm³/mol. The van der Waals surface area contributed by atoms with Crippen molar-refractivity contribution < 1.29 is 23.2 Å². The summed E-state index contributed by atoms with van der Waals surface area (Å²) in [6.45, 7) is 0. The summed E-state index contributed by atoms with van der Waals surface area (Å²) in [6.07, 6.45) is 0.592. The molecule has 7 nitrogen and oxygen atoms in total. The second-order valence-electron chi connectivity index (χ2n) is 7.21. The van der Waals surface area contributed by atoms with E-state index < -0.39 is 28.0 Å². The van der Waals surface area contributed by atoms with Crippen LogP contribution in [0.4, 0.5) is 0 Å². The van der Waals surface area contributed by atoms with Gasteiger partial charge in [-0.1, -0.05) is 30.3 Å². The van der Waals surface area contributed by atoms with Gasteiger partial charge >= 0.3 is 0 Å². The van der Waals surface area contributed by atoms with E-state index in [1.165, 1.54) is 34.9 Å². The lowest BCUT2D eigenvalue weighted by molar-refractivity contribution is -0.134. The molecular weight excluding hydrogens is 436 g/mol. The number of rotatable bonds is 6. The number of fused-ring (bicyclic) bond motifs is 1. The SMILES string of the molecule is COc1ccc(S(=O)(=O)N2[C@H](C(=O)NO)Cc3sccc3[C@@H]2Cc2ccccc2)cc1. The van der Waals surface area contributed by atoms with E-state index in [1.807, 2.05) is 41.8 Å². The second kappa shape index (κ2) is 8.80. The van der Waals surface area contributed by atoms with E-state index >= 15 is 0 Å². The molecule has 0 radical (unpaired) electrons. The Morgan fingerprint density at radius 3 is 2.52 bits per heavy atom. The molecule has 0 fully saturated rings. The average molecular weight is 459 g/mol. The van der Waals surface area contributed by atoms with Crippen LogP contribution in [0, 0.1) is 0 Å². The van der Waals surface area contributed by atoms with Crippen molar-refractivity contribution in [1.82, 2.24) is 9.79 Å². The molecule has 0 saturated carbocycles. The molecule has 9 heteroatoms. The molecule has 2 N–H and O–H groups in total. The first-order valence-corrected chi connectivity index (χ1v) is 12.0. The van der Waals surface area contributed by atoms with Gasteiger partial charge in [0.05, 0.1) is 18.0 Å². The molecule has 1 aliphatic rings. The molecule has 4 rings (SSSR count). The highest BCUT2D eigenvalue weighted by molar-refractivity contribution is 7.89. The molecule has 0 spiro atoms. The molecular formula is C22H22N2O5S2. The molecule has 1 aromatic heterocycles. The maximum Gasteiger partial charge on any atom is 0.262 e. The third-order valence-corrected chi connectivity index (χ3v) is 8.34. The van der Waals surface area contributed by atoms with E-state index in [9.17, 15) is 18.4 Å². The fourth-order valence-corrected chi connectivity index (χ4v) is 6.68. The Bertz CT molecular complexity index is 1160. The Labute approximate surface area is 184 Å². The fraction of sp³-hybridized carbons (Fsp3) is 0.227. The molecule has 2 aromatic carbocycles. The van der Waals surface area contributed by atoms with Crippen LogP contribution in [-0.4, -0.2) is 37.0 Å². The molecule has 1 aliphatic heterocycles. The maximum atomic E-state index is 13.8. The van der Waals surface area contributed by atoms with Crippen molar-refractivity contribution >= 4 is 27.3 Å². The van der Waals surface area contributed by atoms with Crippen molar-refractivity contribution in [2.45, 2.75) is 29.8 Å². The zero-order valence-electron chi connectivity index (χ0n) is 16.8. The van der Waals surface area contributed by atoms with Gasteiger partial charge in [-0.15, -0.1) is 11.3 Å². The maximum absolute atomic E-state index is 13.8. The third-order valence-electron chi connectivity index (χ3n) is 5.45. The Kier molecular flexibility index (Phi) is 6.10. The number of hydrogen-bond acceptors (Lipinski definition) is 6. The highest BCUT2D eigenvalue weighted by Crippen LogP contribution is 2.41. The number of ether oxygens (including phenoxy) is 1. The number of carbonyl (C=O) groups excluding carboxylic acids is 1.